The van der Waals surface area contributed by atoms with Crippen LogP contribution in [0.4, 0.5) is 4.79 Å². The van der Waals surface area contributed by atoms with Crippen LogP contribution in [0.3, 0.4) is 0 Å². The van der Waals surface area contributed by atoms with E-state index in [0.717, 1.165) is 5.56 Å². The molecule has 3 rings (SSSR count). The van der Waals surface area contributed by atoms with Gasteiger partial charge in [-0.2, -0.15) is 0 Å². The van der Waals surface area contributed by atoms with Gasteiger partial charge in [0.1, 0.15) is 17.2 Å². The Labute approximate surface area is 209 Å². The van der Waals surface area contributed by atoms with Crippen molar-refractivity contribution in [2.45, 2.75) is 46.3 Å². The van der Waals surface area contributed by atoms with Gasteiger partial charge in [0, 0.05) is 25.0 Å². The minimum Gasteiger partial charge on any atom is -0.467 e. The summed E-state index contributed by atoms with van der Waals surface area (Å²) in [6.45, 7) is 8.26. The minimum absolute atomic E-state index is 0.0282. The topological polar surface area (TPSA) is 132 Å². The monoisotopic (exact) mass is 497 g/mol. The van der Waals surface area contributed by atoms with Crippen molar-refractivity contribution in [3.63, 3.8) is 0 Å². The minimum atomic E-state index is -1.94. The first kappa shape index (κ1) is 26.7. The molecule has 0 unspecified atom stereocenters. The van der Waals surface area contributed by atoms with Gasteiger partial charge in [-0.3, -0.25) is 25.0 Å². The number of carbonyl (C=O) groups is 4. The quantitative estimate of drug-likeness (QED) is 0.340. The molecule has 0 spiro atoms. The third kappa shape index (κ3) is 6.60. The van der Waals surface area contributed by atoms with Crippen LogP contribution in [0.25, 0.3) is 0 Å². The molecule has 1 aliphatic heterocycles. The molecule has 5 amide bonds. The zero-order valence-electron chi connectivity index (χ0n) is 20.8. The molecule has 0 atom stereocenters. The number of benzene rings is 2. The fourth-order valence-corrected chi connectivity index (χ4v) is 3.31. The lowest BCUT2D eigenvalue weighted by molar-refractivity contribution is -0.153. The summed E-state index contributed by atoms with van der Waals surface area (Å²) in [6.07, 6.45) is -0.0768. The zero-order valence-corrected chi connectivity index (χ0v) is 20.8. The highest BCUT2D eigenvalue weighted by Gasteiger charge is 2.52. The second kappa shape index (κ2) is 11.2. The molecular formula is C26H31N3O7. The number of imide groups is 2. The van der Waals surface area contributed by atoms with E-state index in [4.69, 9.17) is 14.2 Å². The summed E-state index contributed by atoms with van der Waals surface area (Å²) in [5, 5.41) is 7.06. The summed E-state index contributed by atoms with van der Waals surface area (Å²) in [5.41, 5.74) is -1.46. The molecule has 0 aromatic heterocycles. The van der Waals surface area contributed by atoms with Crippen LogP contribution in [0.2, 0.25) is 0 Å². The molecule has 0 saturated carbocycles. The third-order valence-electron chi connectivity index (χ3n) is 5.40. The maximum Gasteiger partial charge on any atom is 0.328 e. The highest BCUT2D eigenvalue weighted by Crippen LogP contribution is 2.28. The summed E-state index contributed by atoms with van der Waals surface area (Å²) in [7, 11) is 0. The van der Waals surface area contributed by atoms with Crippen LogP contribution < -0.4 is 25.4 Å². The first-order valence-electron chi connectivity index (χ1n) is 11.6. The normalized spacial score (nSPS) is 15.1. The van der Waals surface area contributed by atoms with Crippen LogP contribution in [0, 0.1) is 5.41 Å². The molecule has 1 heterocycles. The Morgan fingerprint density at radius 2 is 1.42 bits per heavy atom. The van der Waals surface area contributed by atoms with Gasteiger partial charge in [0.15, 0.2) is 0 Å². The molecule has 192 valence electrons. The molecule has 36 heavy (non-hydrogen) atoms. The standard InChI is InChI=1S/C26H31N3O7/c1-5-34-15-14-26(22(31)28-24(33)29-23(26)32)36-20-12-10-19(11-13-20)35-18-8-6-17(7-9-18)16-27-21(30)25(2,3)4/h6-13H,5,14-16H2,1-4H3,(H,27,30)(H2,28,29,31,32,33). The number of ether oxygens (including phenoxy) is 3. The van der Waals surface area contributed by atoms with Crippen molar-refractivity contribution in [2.24, 2.45) is 5.41 Å². The Bertz CT molecular complexity index is 1090. The van der Waals surface area contributed by atoms with E-state index in [2.05, 4.69) is 16.0 Å². The van der Waals surface area contributed by atoms with Gasteiger partial charge in [-0.05, 0) is 48.9 Å². The summed E-state index contributed by atoms with van der Waals surface area (Å²) in [6, 6.07) is 12.8. The van der Waals surface area contributed by atoms with E-state index in [9.17, 15) is 19.2 Å². The first-order chi connectivity index (χ1) is 17.0. The summed E-state index contributed by atoms with van der Waals surface area (Å²) < 4.78 is 17.0. The van der Waals surface area contributed by atoms with Gasteiger partial charge in [0.05, 0.1) is 6.61 Å². The predicted molar refractivity (Wildman–Crippen MR) is 130 cm³/mol. The summed E-state index contributed by atoms with van der Waals surface area (Å²) >= 11 is 0. The number of rotatable bonds is 10. The summed E-state index contributed by atoms with van der Waals surface area (Å²) in [5.74, 6) is -0.396. The molecule has 10 nitrogen and oxygen atoms in total. The van der Waals surface area contributed by atoms with Crippen molar-refractivity contribution < 1.29 is 33.4 Å². The number of amides is 5. The number of barbiturate groups is 1. The van der Waals surface area contributed by atoms with Crippen molar-refractivity contribution in [2.75, 3.05) is 13.2 Å². The largest absolute Gasteiger partial charge is 0.467 e. The third-order valence-corrected chi connectivity index (χ3v) is 5.40. The molecule has 1 aliphatic rings. The fourth-order valence-electron chi connectivity index (χ4n) is 3.31. The average Bonchev–Trinajstić information content (AvgIpc) is 2.82. The van der Waals surface area contributed by atoms with Crippen LogP contribution in [0.15, 0.2) is 48.5 Å². The van der Waals surface area contributed by atoms with Crippen molar-refractivity contribution in [3.8, 4) is 17.2 Å². The average molecular weight is 498 g/mol. The van der Waals surface area contributed by atoms with E-state index in [-0.39, 0.29) is 24.7 Å². The molecule has 0 radical (unpaired) electrons. The lowest BCUT2D eigenvalue weighted by Crippen LogP contribution is -2.69. The van der Waals surface area contributed by atoms with Gasteiger partial charge >= 0.3 is 6.03 Å². The number of hydrogen-bond donors (Lipinski definition) is 3. The zero-order chi connectivity index (χ0) is 26.3. The van der Waals surface area contributed by atoms with Gasteiger partial charge in [-0.25, -0.2) is 4.79 Å². The van der Waals surface area contributed by atoms with Crippen LogP contribution in [-0.4, -0.2) is 42.6 Å². The van der Waals surface area contributed by atoms with Crippen LogP contribution in [0.1, 0.15) is 39.7 Å². The number of hydrogen-bond acceptors (Lipinski definition) is 7. The predicted octanol–water partition coefficient (Wildman–Crippen LogP) is 3.05. The molecule has 2 aromatic rings. The van der Waals surface area contributed by atoms with Gasteiger partial charge in [-0.15, -0.1) is 0 Å². The Balaban J connectivity index is 1.64. The Morgan fingerprint density at radius 1 is 0.889 bits per heavy atom. The Hall–Kier alpha value is -3.92. The lowest BCUT2D eigenvalue weighted by atomic mass is 9.95. The number of nitrogens with one attached hydrogen (secondary N) is 3. The smallest absolute Gasteiger partial charge is 0.328 e. The molecule has 3 N–H and O–H groups in total. The molecule has 1 fully saturated rings. The van der Waals surface area contributed by atoms with E-state index >= 15 is 0 Å². The van der Waals surface area contributed by atoms with E-state index in [1.54, 1.807) is 43.3 Å². The van der Waals surface area contributed by atoms with Crippen LogP contribution in [-0.2, 0) is 25.7 Å². The van der Waals surface area contributed by atoms with Gasteiger partial charge < -0.3 is 19.5 Å². The second-order valence-corrected chi connectivity index (χ2v) is 9.26. The molecule has 0 bridgehead atoms. The SMILES string of the molecule is CCOCCC1(Oc2ccc(Oc3ccc(CNC(=O)C(C)(C)C)cc3)cc2)C(=O)NC(=O)NC1=O. The molecule has 0 aliphatic carbocycles. The van der Waals surface area contributed by atoms with E-state index < -0.39 is 28.9 Å². The first-order valence-corrected chi connectivity index (χ1v) is 11.6. The Morgan fingerprint density at radius 3 is 1.94 bits per heavy atom. The van der Waals surface area contributed by atoms with Crippen molar-refractivity contribution in [1.29, 1.82) is 0 Å². The highest BCUT2D eigenvalue weighted by molar-refractivity contribution is 6.21. The number of urea groups is 1. The Kier molecular flexibility index (Phi) is 8.31. The maximum atomic E-state index is 12.6. The molecular weight excluding hydrogens is 466 g/mol. The van der Waals surface area contributed by atoms with Gasteiger partial charge in [-0.1, -0.05) is 32.9 Å². The summed E-state index contributed by atoms with van der Waals surface area (Å²) in [4.78, 5) is 48.7. The fraction of sp³-hybridized carbons (Fsp3) is 0.385. The maximum absolute atomic E-state index is 12.6. The molecule has 1 saturated heterocycles. The van der Waals surface area contributed by atoms with Gasteiger partial charge in [0.25, 0.3) is 17.4 Å². The highest BCUT2D eigenvalue weighted by atomic mass is 16.5. The lowest BCUT2D eigenvalue weighted by Gasteiger charge is -2.34. The molecule has 10 heteroatoms. The van der Waals surface area contributed by atoms with Crippen molar-refractivity contribution in [3.05, 3.63) is 54.1 Å². The number of carbonyl (C=O) groups excluding carboxylic acids is 4. The second-order valence-electron chi connectivity index (χ2n) is 9.26. The molecule has 2 aromatic carbocycles. The van der Waals surface area contributed by atoms with E-state index in [1.165, 1.54) is 0 Å². The van der Waals surface area contributed by atoms with E-state index in [0.29, 0.717) is 24.7 Å². The van der Waals surface area contributed by atoms with E-state index in [1.807, 2.05) is 32.9 Å². The van der Waals surface area contributed by atoms with Crippen molar-refractivity contribution in [1.82, 2.24) is 16.0 Å². The van der Waals surface area contributed by atoms with Gasteiger partial charge in [0.2, 0.25) is 5.91 Å². The van der Waals surface area contributed by atoms with Crippen LogP contribution in [0.5, 0.6) is 17.2 Å². The van der Waals surface area contributed by atoms with Crippen molar-refractivity contribution >= 4 is 23.8 Å². The van der Waals surface area contributed by atoms with Crippen LogP contribution >= 0.6 is 0 Å².